The summed E-state index contributed by atoms with van der Waals surface area (Å²) in [7, 11) is 0. The van der Waals surface area contributed by atoms with Gasteiger partial charge in [-0.3, -0.25) is 4.79 Å². The number of anilines is 1. The predicted octanol–water partition coefficient (Wildman–Crippen LogP) is 2.17. The third kappa shape index (κ3) is 4.37. The van der Waals surface area contributed by atoms with Gasteiger partial charge in [0.15, 0.2) is 5.78 Å². The van der Waals surface area contributed by atoms with Crippen molar-refractivity contribution in [2.45, 2.75) is 39.3 Å². The molecule has 1 unspecified atom stereocenters. The Kier molecular flexibility index (Phi) is 4.67. The lowest BCUT2D eigenvalue weighted by Gasteiger charge is -2.29. The quantitative estimate of drug-likeness (QED) is 0.729. The van der Waals surface area contributed by atoms with Crippen molar-refractivity contribution in [3.8, 4) is 0 Å². The number of carbonyl (C=O) groups is 2. The van der Waals surface area contributed by atoms with Crippen LogP contribution in [-0.2, 0) is 0 Å². The number of benzene rings is 1. The Morgan fingerprint density at radius 1 is 1.21 bits per heavy atom. The van der Waals surface area contributed by atoms with E-state index in [1.54, 1.807) is 45.0 Å². The highest BCUT2D eigenvalue weighted by Crippen LogP contribution is 2.12. The minimum Gasteiger partial charge on any atom is -0.391 e. The summed E-state index contributed by atoms with van der Waals surface area (Å²) in [6.07, 6.45) is -0.668. The van der Waals surface area contributed by atoms with Crippen LogP contribution < -0.4 is 10.6 Å². The highest BCUT2D eigenvalue weighted by atomic mass is 16.3. The fourth-order valence-corrected chi connectivity index (χ4v) is 1.35. The van der Waals surface area contributed by atoms with E-state index in [4.69, 9.17) is 0 Å². The van der Waals surface area contributed by atoms with Gasteiger partial charge in [0.2, 0.25) is 0 Å². The van der Waals surface area contributed by atoms with Crippen LogP contribution in [0.1, 0.15) is 38.1 Å². The Morgan fingerprint density at radius 2 is 1.74 bits per heavy atom. The molecule has 3 N–H and O–H groups in total. The van der Waals surface area contributed by atoms with Crippen molar-refractivity contribution in [2.24, 2.45) is 0 Å². The molecule has 0 saturated carbocycles. The maximum atomic E-state index is 11.8. The van der Waals surface area contributed by atoms with Gasteiger partial charge >= 0.3 is 6.03 Å². The van der Waals surface area contributed by atoms with E-state index in [0.717, 1.165) is 0 Å². The number of ketones is 1. The van der Waals surface area contributed by atoms with E-state index in [1.165, 1.54) is 6.92 Å². The first-order chi connectivity index (χ1) is 8.72. The first-order valence-corrected chi connectivity index (χ1v) is 6.10. The monoisotopic (exact) mass is 264 g/mol. The molecule has 0 radical (unpaired) electrons. The molecule has 0 saturated heterocycles. The second kappa shape index (κ2) is 5.84. The van der Waals surface area contributed by atoms with Gasteiger partial charge in [-0.15, -0.1) is 0 Å². The molecule has 1 aromatic rings. The van der Waals surface area contributed by atoms with Crippen LogP contribution in [0.3, 0.4) is 0 Å². The first kappa shape index (κ1) is 15.2. The number of nitrogens with one attached hydrogen (secondary N) is 2. The molecule has 0 aliphatic carbocycles. The number of carbonyl (C=O) groups excluding carboxylic acids is 2. The SMILES string of the molecule is CC(=O)c1ccc(NC(=O)NC(C)(C)C(C)O)cc1. The van der Waals surface area contributed by atoms with Crippen molar-refractivity contribution in [2.75, 3.05) is 5.32 Å². The lowest BCUT2D eigenvalue weighted by Crippen LogP contribution is -2.52. The van der Waals surface area contributed by atoms with E-state index >= 15 is 0 Å². The average molecular weight is 264 g/mol. The summed E-state index contributed by atoms with van der Waals surface area (Å²) in [5.74, 6) is -0.0220. The van der Waals surface area contributed by atoms with Gasteiger partial charge in [0, 0.05) is 11.3 Å². The maximum absolute atomic E-state index is 11.8. The van der Waals surface area contributed by atoms with Gasteiger partial charge in [-0.1, -0.05) is 0 Å². The van der Waals surface area contributed by atoms with Gasteiger partial charge in [-0.25, -0.2) is 4.79 Å². The van der Waals surface area contributed by atoms with Crippen molar-refractivity contribution in [3.63, 3.8) is 0 Å². The molecule has 0 aliphatic heterocycles. The van der Waals surface area contributed by atoms with Gasteiger partial charge in [-0.2, -0.15) is 0 Å². The second-order valence-corrected chi connectivity index (χ2v) is 5.11. The molecule has 0 spiro atoms. The minimum absolute atomic E-state index is 0.0220. The van der Waals surface area contributed by atoms with E-state index in [9.17, 15) is 14.7 Å². The largest absolute Gasteiger partial charge is 0.391 e. The van der Waals surface area contributed by atoms with Gasteiger partial charge in [0.25, 0.3) is 0 Å². The van der Waals surface area contributed by atoms with Crippen LogP contribution in [0.2, 0.25) is 0 Å². The van der Waals surface area contributed by atoms with Gasteiger partial charge < -0.3 is 15.7 Å². The van der Waals surface area contributed by atoms with Crippen molar-refractivity contribution in [1.82, 2.24) is 5.32 Å². The normalized spacial score (nSPS) is 12.7. The number of aliphatic hydroxyl groups is 1. The standard InChI is InChI=1S/C14H20N2O3/c1-9(17)11-5-7-12(8-6-11)15-13(19)16-14(3,4)10(2)18/h5-8,10,18H,1-4H3,(H2,15,16,19). The molecule has 5 nitrogen and oxygen atoms in total. The molecule has 104 valence electrons. The number of hydrogen-bond acceptors (Lipinski definition) is 3. The summed E-state index contributed by atoms with van der Waals surface area (Å²) >= 11 is 0. The molecule has 2 amide bonds. The Balaban J connectivity index is 2.65. The molecular weight excluding hydrogens is 244 g/mol. The summed E-state index contributed by atoms with van der Waals surface area (Å²) in [5.41, 5.74) is 0.461. The third-order valence-corrected chi connectivity index (χ3v) is 3.03. The van der Waals surface area contributed by atoms with E-state index in [1.807, 2.05) is 0 Å². The molecule has 19 heavy (non-hydrogen) atoms. The highest BCUT2D eigenvalue weighted by molar-refractivity contribution is 5.95. The number of hydrogen-bond donors (Lipinski definition) is 3. The molecule has 5 heteroatoms. The summed E-state index contributed by atoms with van der Waals surface area (Å²) in [6.45, 7) is 6.56. The zero-order chi connectivity index (χ0) is 14.6. The van der Waals surface area contributed by atoms with Crippen molar-refractivity contribution in [1.29, 1.82) is 0 Å². The highest BCUT2D eigenvalue weighted by Gasteiger charge is 2.25. The molecule has 0 bridgehead atoms. The van der Waals surface area contributed by atoms with Crippen LogP contribution in [0.5, 0.6) is 0 Å². The topological polar surface area (TPSA) is 78.4 Å². The molecule has 0 fully saturated rings. The Morgan fingerprint density at radius 3 is 2.16 bits per heavy atom. The zero-order valence-corrected chi connectivity index (χ0v) is 11.7. The van der Waals surface area contributed by atoms with Crippen LogP contribution >= 0.6 is 0 Å². The van der Waals surface area contributed by atoms with Crippen LogP contribution in [-0.4, -0.2) is 28.6 Å². The van der Waals surface area contributed by atoms with Crippen molar-refractivity contribution >= 4 is 17.5 Å². The lowest BCUT2D eigenvalue weighted by atomic mass is 9.99. The second-order valence-electron chi connectivity index (χ2n) is 5.11. The fourth-order valence-electron chi connectivity index (χ4n) is 1.35. The minimum atomic E-state index is -0.719. The van der Waals surface area contributed by atoms with E-state index in [2.05, 4.69) is 10.6 Å². The Labute approximate surface area is 113 Å². The Hall–Kier alpha value is -1.88. The summed E-state index contributed by atoms with van der Waals surface area (Å²) < 4.78 is 0. The van der Waals surface area contributed by atoms with E-state index in [-0.39, 0.29) is 5.78 Å². The zero-order valence-electron chi connectivity index (χ0n) is 11.7. The maximum Gasteiger partial charge on any atom is 0.319 e. The number of urea groups is 1. The van der Waals surface area contributed by atoms with Crippen LogP contribution in [0.4, 0.5) is 10.5 Å². The molecule has 1 rings (SSSR count). The van der Waals surface area contributed by atoms with Crippen LogP contribution in [0.15, 0.2) is 24.3 Å². The molecule has 0 heterocycles. The van der Waals surface area contributed by atoms with Crippen molar-refractivity contribution < 1.29 is 14.7 Å². The summed E-state index contributed by atoms with van der Waals surface area (Å²) in [6, 6.07) is 6.22. The van der Waals surface area contributed by atoms with Gasteiger partial charge in [0.1, 0.15) is 0 Å². The van der Waals surface area contributed by atoms with Crippen LogP contribution in [0, 0.1) is 0 Å². The lowest BCUT2D eigenvalue weighted by molar-refractivity contribution is 0.101. The molecule has 1 atom stereocenters. The smallest absolute Gasteiger partial charge is 0.319 e. The summed E-state index contributed by atoms with van der Waals surface area (Å²) in [5, 5.41) is 14.8. The average Bonchev–Trinajstić information content (AvgIpc) is 2.28. The van der Waals surface area contributed by atoms with Gasteiger partial charge in [0.05, 0.1) is 11.6 Å². The molecule has 0 aliphatic rings. The third-order valence-electron chi connectivity index (χ3n) is 3.03. The summed E-state index contributed by atoms with van der Waals surface area (Å²) in [4.78, 5) is 22.9. The number of Topliss-reactive ketones (excluding diaryl/α,β-unsaturated/α-hetero) is 1. The van der Waals surface area contributed by atoms with Gasteiger partial charge in [-0.05, 0) is 52.0 Å². The molecule has 1 aromatic carbocycles. The Bertz CT molecular complexity index is 464. The van der Waals surface area contributed by atoms with E-state index < -0.39 is 17.7 Å². The molecular formula is C14H20N2O3. The van der Waals surface area contributed by atoms with E-state index in [0.29, 0.717) is 11.3 Å². The number of amides is 2. The first-order valence-electron chi connectivity index (χ1n) is 6.10. The molecule has 0 aromatic heterocycles. The number of rotatable bonds is 4. The predicted molar refractivity (Wildman–Crippen MR) is 74.4 cm³/mol. The van der Waals surface area contributed by atoms with Crippen LogP contribution in [0.25, 0.3) is 0 Å². The van der Waals surface area contributed by atoms with Crippen molar-refractivity contribution in [3.05, 3.63) is 29.8 Å². The number of aliphatic hydroxyl groups excluding tert-OH is 1. The fraction of sp³-hybridized carbons (Fsp3) is 0.429.